The second-order valence-electron chi connectivity index (χ2n) is 6.65. The first-order valence-corrected chi connectivity index (χ1v) is 9.35. The van der Waals surface area contributed by atoms with Crippen LogP contribution < -0.4 is 9.47 Å². The quantitative estimate of drug-likeness (QED) is 0.527. The number of rotatable bonds is 8. The molecule has 0 spiro atoms. The molecular weight excluding hydrogens is 342 g/mol. The summed E-state index contributed by atoms with van der Waals surface area (Å²) in [6.45, 7) is 3.50. The molecule has 2 aromatic rings. The third-order valence-corrected chi connectivity index (χ3v) is 4.88. The van der Waals surface area contributed by atoms with Gasteiger partial charge in [-0.05, 0) is 56.3 Å². The van der Waals surface area contributed by atoms with Gasteiger partial charge in [0.2, 0.25) is 0 Å². The zero-order valence-electron chi connectivity index (χ0n) is 15.6. The van der Waals surface area contributed by atoms with E-state index in [4.69, 9.17) is 9.47 Å². The molecule has 2 aromatic carbocycles. The molecule has 3 rings (SSSR count). The number of benzene rings is 2. The van der Waals surface area contributed by atoms with E-state index in [0.29, 0.717) is 41.1 Å². The van der Waals surface area contributed by atoms with Crippen molar-refractivity contribution in [1.82, 2.24) is 4.90 Å². The molecule has 1 fully saturated rings. The van der Waals surface area contributed by atoms with Gasteiger partial charge in [-0.25, -0.2) is 0 Å². The first kappa shape index (κ1) is 19.1. The highest BCUT2D eigenvalue weighted by Gasteiger charge is 2.19. The Labute approximate surface area is 159 Å². The van der Waals surface area contributed by atoms with E-state index in [-0.39, 0.29) is 5.78 Å². The van der Waals surface area contributed by atoms with Crippen LogP contribution in [-0.4, -0.2) is 50.3 Å². The first-order chi connectivity index (χ1) is 13.2. The van der Waals surface area contributed by atoms with Gasteiger partial charge in [-0.3, -0.25) is 14.5 Å². The van der Waals surface area contributed by atoms with Gasteiger partial charge >= 0.3 is 0 Å². The number of carbonyl (C=O) groups excluding carboxylic acids is 2. The molecule has 0 bridgehead atoms. The number of nitrogens with zero attached hydrogens (tertiary/aromatic N) is 1. The molecule has 1 saturated heterocycles. The average molecular weight is 367 g/mol. The molecule has 1 aliphatic heterocycles. The zero-order valence-corrected chi connectivity index (χ0v) is 15.6. The van der Waals surface area contributed by atoms with Gasteiger partial charge in [0.25, 0.3) is 0 Å². The maximum atomic E-state index is 13.0. The lowest BCUT2D eigenvalue weighted by atomic mass is 9.98. The van der Waals surface area contributed by atoms with E-state index in [9.17, 15) is 9.59 Å². The van der Waals surface area contributed by atoms with Gasteiger partial charge in [0, 0.05) is 17.7 Å². The van der Waals surface area contributed by atoms with Crippen molar-refractivity contribution in [2.45, 2.75) is 19.3 Å². The van der Waals surface area contributed by atoms with E-state index < -0.39 is 0 Å². The zero-order chi connectivity index (χ0) is 19.1. The average Bonchev–Trinajstić information content (AvgIpc) is 2.74. The maximum Gasteiger partial charge on any atom is 0.197 e. The van der Waals surface area contributed by atoms with Crippen LogP contribution in [0.4, 0.5) is 0 Å². The maximum absolute atomic E-state index is 13.0. The van der Waals surface area contributed by atoms with Crippen LogP contribution in [0.2, 0.25) is 0 Å². The molecule has 0 atom stereocenters. The van der Waals surface area contributed by atoms with Crippen molar-refractivity contribution in [2.24, 2.45) is 0 Å². The van der Waals surface area contributed by atoms with Gasteiger partial charge in [-0.2, -0.15) is 0 Å². The molecule has 1 heterocycles. The molecule has 0 aliphatic carbocycles. The third-order valence-electron chi connectivity index (χ3n) is 4.88. The van der Waals surface area contributed by atoms with Gasteiger partial charge in [0.15, 0.2) is 12.1 Å². The fourth-order valence-corrected chi connectivity index (χ4v) is 3.36. The van der Waals surface area contributed by atoms with Crippen molar-refractivity contribution in [3.05, 3.63) is 59.2 Å². The van der Waals surface area contributed by atoms with Crippen molar-refractivity contribution in [3.63, 3.8) is 0 Å². The number of likely N-dealkylation sites (tertiary alicyclic amines) is 1. The number of ether oxygens (including phenoxy) is 2. The normalized spacial score (nSPS) is 14.6. The summed E-state index contributed by atoms with van der Waals surface area (Å²) in [5.74, 6) is 0.902. The Morgan fingerprint density at radius 2 is 1.81 bits per heavy atom. The number of methoxy groups -OCH3 is 1. The van der Waals surface area contributed by atoms with E-state index in [0.717, 1.165) is 19.6 Å². The molecule has 0 N–H and O–H groups in total. The predicted molar refractivity (Wildman–Crippen MR) is 104 cm³/mol. The number of hydrogen-bond donors (Lipinski definition) is 0. The Kier molecular flexibility index (Phi) is 6.60. The standard InChI is InChI=1S/C22H25NO4/c1-26-19-10-8-17(9-11-19)22(25)21-18(16-24)6-5-7-20(21)27-15-14-23-12-3-2-4-13-23/h5-11,16H,2-4,12-15H2,1H3. The molecule has 0 aromatic heterocycles. The Hall–Kier alpha value is -2.66. The van der Waals surface area contributed by atoms with E-state index in [1.165, 1.54) is 19.3 Å². The highest BCUT2D eigenvalue weighted by molar-refractivity contribution is 6.14. The second-order valence-corrected chi connectivity index (χ2v) is 6.65. The highest BCUT2D eigenvalue weighted by atomic mass is 16.5. The number of ketones is 1. The Morgan fingerprint density at radius 3 is 2.48 bits per heavy atom. The lowest BCUT2D eigenvalue weighted by Gasteiger charge is -2.26. The summed E-state index contributed by atoms with van der Waals surface area (Å²) in [6.07, 6.45) is 4.44. The van der Waals surface area contributed by atoms with E-state index in [1.807, 2.05) is 0 Å². The van der Waals surface area contributed by atoms with E-state index in [1.54, 1.807) is 49.6 Å². The molecule has 1 aliphatic rings. The van der Waals surface area contributed by atoms with E-state index in [2.05, 4.69) is 4.90 Å². The molecule has 142 valence electrons. The van der Waals surface area contributed by atoms with Gasteiger partial charge in [-0.15, -0.1) is 0 Å². The van der Waals surface area contributed by atoms with E-state index >= 15 is 0 Å². The molecule has 27 heavy (non-hydrogen) atoms. The van der Waals surface area contributed by atoms with Crippen LogP contribution in [0.3, 0.4) is 0 Å². The Balaban J connectivity index is 1.77. The van der Waals surface area contributed by atoms with Crippen LogP contribution in [0.5, 0.6) is 11.5 Å². The number of carbonyl (C=O) groups is 2. The molecule has 0 unspecified atom stereocenters. The smallest absolute Gasteiger partial charge is 0.197 e. The largest absolute Gasteiger partial charge is 0.497 e. The fraction of sp³-hybridized carbons (Fsp3) is 0.364. The number of piperidine rings is 1. The lowest BCUT2D eigenvalue weighted by molar-refractivity contribution is 0.102. The molecule has 0 radical (unpaired) electrons. The number of hydrogen-bond acceptors (Lipinski definition) is 5. The van der Waals surface area contributed by atoms with Crippen LogP contribution in [-0.2, 0) is 0 Å². The van der Waals surface area contributed by atoms with Crippen molar-refractivity contribution in [3.8, 4) is 11.5 Å². The molecule has 0 amide bonds. The van der Waals surface area contributed by atoms with Gasteiger partial charge in [0.1, 0.15) is 18.1 Å². The second kappa shape index (κ2) is 9.33. The van der Waals surface area contributed by atoms with Crippen LogP contribution in [0.25, 0.3) is 0 Å². The number of aldehydes is 1. The van der Waals surface area contributed by atoms with Gasteiger partial charge in [-0.1, -0.05) is 18.6 Å². The monoisotopic (exact) mass is 367 g/mol. The first-order valence-electron chi connectivity index (χ1n) is 9.35. The van der Waals surface area contributed by atoms with Crippen LogP contribution in [0.1, 0.15) is 45.5 Å². The van der Waals surface area contributed by atoms with Crippen molar-refractivity contribution >= 4 is 12.1 Å². The highest BCUT2D eigenvalue weighted by Crippen LogP contribution is 2.26. The molecule has 5 nitrogen and oxygen atoms in total. The topological polar surface area (TPSA) is 55.8 Å². The predicted octanol–water partition coefficient (Wildman–Crippen LogP) is 3.60. The fourth-order valence-electron chi connectivity index (χ4n) is 3.36. The van der Waals surface area contributed by atoms with Crippen LogP contribution in [0, 0.1) is 0 Å². The van der Waals surface area contributed by atoms with Crippen LogP contribution >= 0.6 is 0 Å². The minimum Gasteiger partial charge on any atom is -0.497 e. The lowest BCUT2D eigenvalue weighted by Crippen LogP contribution is -2.33. The minimum absolute atomic E-state index is 0.228. The Morgan fingerprint density at radius 1 is 1.07 bits per heavy atom. The van der Waals surface area contributed by atoms with Crippen LogP contribution in [0.15, 0.2) is 42.5 Å². The molecule has 0 saturated carbocycles. The SMILES string of the molecule is COc1ccc(C(=O)c2c(C=O)cccc2OCCN2CCCCC2)cc1. The van der Waals surface area contributed by atoms with Gasteiger partial charge < -0.3 is 9.47 Å². The summed E-state index contributed by atoms with van der Waals surface area (Å²) in [6, 6.07) is 12.0. The summed E-state index contributed by atoms with van der Waals surface area (Å²) < 4.78 is 11.1. The summed E-state index contributed by atoms with van der Waals surface area (Å²) in [7, 11) is 1.58. The van der Waals surface area contributed by atoms with Crippen molar-refractivity contribution < 1.29 is 19.1 Å². The third kappa shape index (κ3) is 4.74. The summed E-state index contributed by atoms with van der Waals surface area (Å²) >= 11 is 0. The molecule has 5 heteroatoms. The Bertz CT molecular complexity index is 779. The van der Waals surface area contributed by atoms with Gasteiger partial charge in [0.05, 0.1) is 12.7 Å². The summed E-state index contributed by atoms with van der Waals surface area (Å²) in [4.78, 5) is 26.9. The molecular formula is C22H25NO4. The van der Waals surface area contributed by atoms with Crippen molar-refractivity contribution in [1.29, 1.82) is 0 Å². The minimum atomic E-state index is -0.228. The van der Waals surface area contributed by atoms with Crippen molar-refractivity contribution in [2.75, 3.05) is 33.4 Å². The summed E-state index contributed by atoms with van der Waals surface area (Å²) in [5, 5.41) is 0. The summed E-state index contributed by atoms with van der Waals surface area (Å²) in [5.41, 5.74) is 1.15.